The van der Waals surface area contributed by atoms with Gasteiger partial charge in [-0.3, -0.25) is 4.89 Å². The SMILES string of the molecule is C=CC(=O)OCO.C=CC(=O)OO. The minimum Gasteiger partial charge on any atom is -0.436 e. The first kappa shape index (κ1) is 13.9. The molecule has 0 aromatic heterocycles. The van der Waals surface area contributed by atoms with Crippen LogP contribution in [0.3, 0.4) is 0 Å². The molecule has 0 aliphatic heterocycles. The van der Waals surface area contributed by atoms with Crippen molar-refractivity contribution in [3.8, 4) is 0 Å². The van der Waals surface area contributed by atoms with Gasteiger partial charge in [-0.05, 0) is 0 Å². The van der Waals surface area contributed by atoms with Crippen LogP contribution in [0.4, 0.5) is 0 Å². The van der Waals surface area contributed by atoms with Crippen LogP contribution in [0, 0.1) is 0 Å². The number of carbonyl (C=O) groups is 2. The maximum Gasteiger partial charge on any atom is 0.365 e. The summed E-state index contributed by atoms with van der Waals surface area (Å²) in [6, 6.07) is 0. The lowest BCUT2D eigenvalue weighted by atomic mass is 10.7. The third-order valence-electron chi connectivity index (χ3n) is 0.630. The Balaban J connectivity index is 0. The van der Waals surface area contributed by atoms with E-state index in [1.165, 1.54) is 0 Å². The van der Waals surface area contributed by atoms with E-state index in [1.807, 2.05) is 0 Å². The highest BCUT2D eigenvalue weighted by Crippen LogP contribution is 1.72. The van der Waals surface area contributed by atoms with Gasteiger partial charge in [0, 0.05) is 12.2 Å². The molecule has 0 saturated heterocycles. The Morgan fingerprint density at radius 3 is 1.77 bits per heavy atom. The molecule has 0 radical (unpaired) electrons. The van der Waals surface area contributed by atoms with Crippen LogP contribution < -0.4 is 0 Å². The van der Waals surface area contributed by atoms with Gasteiger partial charge in [0.1, 0.15) is 0 Å². The first-order valence-corrected chi connectivity index (χ1v) is 3.00. The average Bonchev–Trinajstić information content (AvgIpc) is 2.18. The number of hydrogen-bond acceptors (Lipinski definition) is 6. The van der Waals surface area contributed by atoms with Crippen LogP contribution in [0.5, 0.6) is 0 Å². The monoisotopic (exact) mass is 190 g/mol. The number of carbonyl (C=O) groups excluding carboxylic acids is 2. The Hall–Kier alpha value is -1.66. The summed E-state index contributed by atoms with van der Waals surface area (Å²) in [4.78, 5) is 22.6. The quantitative estimate of drug-likeness (QED) is 0.211. The standard InChI is InChI=1S/C4H6O3.C3H4O3/c1-2-4(6)7-3-5;1-2-3(4)6-5/h2,5H,1,3H2;2,5H,1H2. The van der Waals surface area contributed by atoms with E-state index in [9.17, 15) is 9.59 Å². The molecule has 13 heavy (non-hydrogen) atoms. The molecule has 0 aromatic rings. The van der Waals surface area contributed by atoms with Crippen LogP contribution in [0.1, 0.15) is 0 Å². The van der Waals surface area contributed by atoms with E-state index in [4.69, 9.17) is 10.4 Å². The summed E-state index contributed by atoms with van der Waals surface area (Å²) in [6.45, 7) is 5.51. The van der Waals surface area contributed by atoms with Crippen LogP contribution in [0.15, 0.2) is 25.3 Å². The highest BCUT2D eigenvalue weighted by Gasteiger charge is 1.87. The molecule has 0 atom stereocenters. The second-order valence-corrected chi connectivity index (χ2v) is 1.41. The van der Waals surface area contributed by atoms with Crippen molar-refractivity contribution in [1.82, 2.24) is 0 Å². The molecule has 74 valence electrons. The fourth-order valence-electron chi connectivity index (χ4n) is 0.160. The van der Waals surface area contributed by atoms with Gasteiger partial charge < -0.3 is 9.84 Å². The topological polar surface area (TPSA) is 93.1 Å². The number of aliphatic hydroxyl groups excluding tert-OH is 1. The normalized spacial score (nSPS) is 7.23. The Morgan fingerprint density at radius 2 is 1.69 bits per heavy atom. The molecule has 0 rings (SSSR count). The molecule has 0 heterocycles. The zero-order valence-electron chi connectivity index (χ0n) is 6.80. The molecular weight excluding hydrogens is 180 g/mol. The molecule has 0 aliphatic carbocycles. The zero-order chi connectivity index (χ0) is 10.7. The van der Waals surface area contributed by atoms with Crippen LogP contribution in [-0.4, -0.2) is 29.1 Å². The van der Waals surface area contributed by atoms with Crippen LogP contribution in [-0.2, 0) is 19.2 Å². The molecule has 0 aliphatic rings. The molecule has 0 spiro atoms. The summed E-state index contributed by atoms with van der Waals surface area (Å²) in [5.74, 6) is -1.45. The van der Waals surface area contributed by atoms with Crippen LogP contribution in [0.2, 0.25) is 0 Å². The summed E-state index contributed by atoms with van der Waals surface area (Å²) in [7, 11) is 0. The predicted octanol–water partition coefficient (Wildman–Crippen LogP) is -0.146. The van der Waals surface area contributed by atoms with Crippen molar-refractivity contribution < 1.29 is 29.6 Å². The second kappa shape index (κ2) is 10.3. The Morgan fingerprint density at radius 1 is 1.23 bits per heavy atom. The van der Waals surface area contributed by atoms with Gasteiger partial charge in [-0.1, -0.05) is 13.2 Å². The van der Waals surface area contributed by atoms with Gasteiger partial charge in [-0.2, -0.15) is 5.26 Å². The van der Waals surface area contributed by atoms with Crippen molar-refractivity contribution in [3.63, 3.8) is 0 Å². The molecule has 0 unspecified atom stereocenters. The molecule has 0 saturated carbocycles. The van der Waals surface area contributed by atoms with Crippen molar-refractivity contribution >= 4 is 11.9 Å². The maximum absolute atomic E-state index is 9.91. The predicted molar refractivity (Wildman–Crippen MR) is 42.3 cm³/mol. The summed E-state index contributed by atoms with van der Waals surface area (Å²) in [5.41, 5.74) is 0. The number of esters is 1. The van der Waals surface area contributed by atoms with Crippen molar-refractivity contribution in [2.24, 2.45) is 0 Å². The number of ether oxygens (including phenoxy) is 1. The Labute approximate surface area is 74.6 Å². The molecule has 0 bridgehead atoms. The smallest absolute Gasteiger partial charge is 0.365 e. The highest BCUT2D eigenvalue weighted by atomic mass is 17.1. The Kier molecular flexibility index (Phi) is 11.1. The lowest BCUT2D eigenvalue weighted by molar-refractivity contribution is -0.228. The molecule has 2 N–H and O–H groups in total. The van der Waals surface area contributed by atoms with E-state index in [-0.39, 0.29) is 0 Å². The first-order valence-electron chi connectivity index (χ1n) is 3.00. The van der Waals surface area contributed by atoms with Crippen molar-refractivity contribution in [2.75, 3.05) is 6.79 Å². The largest absolute Gasteiger partial charge is 0.436 e. The highest BCUT2D eigenvalue weighted by molar-refractivity contribution is 5.81. The lowest BCUT2D eigenvalue weighted by Gasteiger charge is -1.89. The first-order chi connectivity index (χ1) is 6.12. The van der Waals surface area contributed by atoms with Crippen molar-refractivity contribution in [3.05, 3.63) is 25.3 Å². The summed E-state index contributed by atoms with van der Waals surface area (Å²) < 4.78 is 3.99. The number of aliphatic hydroxyl groups is 1. The van der Waals surface area contributed by atoms with Gasteiger partial charge in [0.25, 0.3) is 0 Å². The molecular formula is C7H10O6. The lowest BCUT2D eigenvalue weighted by Crippen LogP contribution is -1.99. The summed E-state index contributed by atoms with van der Waals surface area (Å²) in [5, 5.41) is 15.3. The van der Waals surface area contributed by atoms with Gasteiger partial charge in [0.2, 0.25) is 0 Å². The fraction of sp³-hybridized carbons (Fsp3) is 0.143. The van der Waals surface area contributed by atoms with Crippen LogP contribution in [0.25, 0.3) is 0 Å². The molecule has 0 fully saturated rings. The van der Waals surface area contributed by atoms with E-state index >= 15 is 0 Å². The van der Waals surface area contributed by atoms with Crippen LogP contribution >= 0.6 is 0 Å². The van der Waals surface area contributed by atoms with Crippen molar-refractivity contribution in [2.45, 2.75) is 0 Å². The second-order valence-electron chi connectivity index (χ2n) is 1.41. The average molecular weight is 190 g/mol. The minimum atomic E-state index is -0.838. The summed E-state index contributed by atoms with van der Waals surface area (Å²) >= 11 is 0. The van der Waals surface area contributed by atoms with Gasteiger partial charge in [-0.15, -0.1) is 0 Å². The maximum atomic E-state index is 9.91. The Bertz CT molecular complexity index is 185. The van der Waals surface area contributed by atoms with E-state index < -0.39 is 18.7 Å². The van der Waals surface area contributed by atoms with Gasteiger partial charge in [0.15, 0.2) is 6.79 Å². The van der Waals surface area contributed by atoms with Crippen molar-refractivity contribution in [1.29, 1.82) is 0 Å². The molecule has 0 aromatic carbocycles. The minimum absolute atomic E-state index is 0.579. The van der Waals surface area contributed by atoms with Gasteiger partial charge >= 0.3 is 11.9 Å². The molecule has 6 nitrogen and oxygen atoms in total. The van der Waals surface area contributed by atoms with E-state index in [2.05, 4.69) is 22.8 Å². The number of rotatable bonds is 3. The third-order valence-corrected chi connectivity index (χ3v) is 0.630. The van der Waals surface area contributed by atoms with E-state index in [0.717, 1.165) is 12.2 Å². The van der Waals surface area contributed by atoms with Gasteiger partial charge in [-0.25, -0.2) is 9.59 Å². The summed E-state index contributed by atoms with van der Waals surface area (Å²) in [6.07, 6.45) is 1.84. The van der Waals surface area contributed by atoms with Gasteiger partial charge in [0.05, 0.1) is 0 Å². The fourth-order valence-corrected chi connectivity index (χ4v) is 0.160. The molecule has 6 heteroatoms. The zero-order valence-corrected chi connectivity index (χ0v) is 6.80. The molecule has 0 amide bonds. The third kappa shape index (κ3) is 13.3. The van der Waals surface area contributed by atoms with E-state index in [0.29, 0.717) is 0 Å². The van der Waals surface area contributed by atoms with E-state index in [1.54, 1.807) is 0 Å². The number of hydrogen-bond donors (Lipinski definition) is 2.